The summed E-state index contributed by atoms with van der Waals surface area (Å²) in [6, 6.07) is 12.6. The first-order valence-electron chi connectivity index (χ1n) is 8.49. The molecule has 2 atom stereocenters. The normalized spacial score (nSPS) is 19.4. The summed E-state index contributed by atoms with van der Waals surface area (Å²) >= 11 is 7.95. The SMILES string of the molecule is CSC(C)CCNC1c2ccccc2N(C)S(=O)(=O)c2cc(Cl)ccc21. The van der Waals surface area contributed by atoms with Crippen molar-refractivity contribution in [3.05, 3.63) is 58.6 Å². The molecule has 2 aromatic carbocycles. The Morgan fingerprint density at radius 2 is 1.96 bits per heavy atom. The molecular formula is C19H23ClN2O2S2. The lowest BCUT2D eigenvalue weighted by molar-refractivity contribution is 0.573. The monoisotopic (exact) mass is 410 g/mol. The van der Waals surface area contributed by atoms with Crippen molar-refractivity contribution in [2.24, 2.45) is 0 Å². The lowest BCUT2D eigenvalue weighted by atomic mass is 9.96. The number of thioether (sulfide) groups is 1. The van der Waals surface area contributed by atoms with Crippen LogP contribution in [0.2, 0.25) is 5.02 Å². The van der Waals surface area contributed by atoms with Crippen molar-refractivity contribution in [1.82, 2.24) is 5.32 Å². The van der Waals surface area contributed by atoms with E-state index in [4.69, 9.17) is 11.6 Å². The van der Waals surface area contributed by atoms with Crippen molar-refractivity contribution < 1.29 is 8.42 Å². The highest BCUT2D eigenvalue weighted by atomic mass is 35.5. The van der Waals surface area contributed by atoms with E-state index in [2.05, 4.69) is 18.5 Å². The zero-order valence-electron chi connectivity index (χ0n) is 15.1. The number of sulfonamides is 1. The molecule has 3 rings (SSSR count). The summed E-state index contributed by atoms with van der Waals surface area (Å²) in [6.07, 6.45) is 3.11. The van der Waals surface area contributed by atoms with E-state index in [1.165, 1.54) is 4.31 Å². The van der Waals surface area contributed by atoms with Gasteiger partial charge in [0.2, 0.25) is 0 Å². The van der Waals surface area contributed by atoms with Gasteiger partial charge in [0.25, 0.3) is 10.0 Å². The summed E-state index contributed by atoms with van der Waals surface area (Å²) in [6.45, 7) is 2.99. The highest BCUT2D eigenvalue weighted by Gasteiger charge is 2.34. The minimum atomic E-state index is -3.67. The molecule has 0 saturated carbocycles. The molecule has 0 fully saturated rings. The summed E-state index contributed by atoms with van der Waals surface area (Å²) in [5.74, 6) is 0. The maximum Gasteiger partial charge on any atom is 0.264 e. The molecule has 1 aliphatic rings. The number of hydrogen-bond donors (Lipinski definition) is 1. The molecule has 140 valence electrons. The molecule has 7 heteroatoms. The molecular weight excluding hydrogens is 388 g/mol. The molecule has 0 amide bonds. The molecule has 0 saturated heterocycles. The van der Waals surface area contributed by atoms with Gasteiger partial charge in [0.1, 0.15) is 0 Å². The second-order valence-electron chi connectivity index (χ2n) is 6.44. The predicted molar refractivity (Wildman–Crippen MR) is 111 cm³/mol. The number of fused-ring (bicyclic) bond motifs is 2. The van der Waals surface area contributed by atoms with E-state index < -0.39 is 10.0 Å². The van der Waals surface area contributed by atoms with Crippen LogP contribution >= 0.6 is 23.4 Å². The van der Waals surface area contributed by atoms with Crippen molar-refractivity contribution in [1.29, 1.82) is 0 Å². The Bertz CT molecular complexity index is 902. The fraction of sp³-hybridized carbons (Fsp3) is 0.368. The Morgan fingerprint density at radius 1 is 1.23 bits per heavy atom. The number of benzene rings is 2. The van der Waals surface area contributed by atoms with Crippen molar-refractivity contribution in [2.75, 3.05) is 24.2 Å². The van der Waals surface area contributed by atoms with Crippen LogP contribution in [-0.4, -0.2) is 33.5 Å². The number of nitrogens with zero attached hydrogens (tertiary/aromatic N) is 1. The number of nitrogens with one attached hydrogen (secondary N) is 1. The van der Waals surface area contributed by atoms with E-state index in [0.29, 0.717) is 16.0 Å². The summed E-state index contributed by atoms with van der Waals surface area (Å²) < 4.78 is 27.6. The molecule has 26 heavy (non-hydrogen) atoms. The van der Waals surface area contributed by atoms with Crippen LogP contribution in [0.5, 0.6) is 0 Å². The van der Waals surface area contributed by atoms with E-state index in [0.717, 1.165) is 24.1 Å². The van der Waals surface area contributed by atoms with E-state index in [-0.39, 0.29) is 10.9 Å². The molecule has 2 aromatic rings. The Balaban J connectivity index is 2.12. The number of anilines is 1. The van der Waals surface area contributed by atoms with Crippen molar-refractivity contribution >= 4 is 39.1 Å². The lowest BCUT2D eigenvalue weighted by Crippen LogP contribution is -2.26. The smallest absolute Gasteiger partial charge is 0.264 e. The van der Waals surface area contributed by atoms with Gasteiger partial charge in [-0.05, 0) is 48.5 Å². The molecule has 4 nitrogen and oxygen atoms in total. The molecule has 1 heterocycles. The standard InChI is InChI=1S/C19H23ClN2O2S2/c1-13(25-3)10-11-21-19-15-6-4-5-7-17(15)22(2)26(23,24)18-12-14(20)8-9-16(18)19/h4-9,12-13,19,21H,10-11H2,1-3H3. The summed E-state index contributed by atoms with van der Waals surface area (Å²) in [4.78, 5) is 0.263. The van der Waals surface area contributed by atoms with Crippen LogP contribution in [0.3, 0.4) is 0 Å². The van der Waals surface area contributed by atoms with Gasteiger partial charge in [0.15, 0.2) is 0 Å². The molecule has 0 aliphatic carbocycles. The third-order valence-corrected chi connectivity index (χ3v) is 7.92. The Labute approximate surface area is 165 Å². The second-order valence-corrected chi connectivity index (χ2v) is 10.1. The minimum Gasteiger partial charge on any atom is -0.306 e. The number of hydrogen-bond acceptors (Lipinski definition) is 4. The Morgan fingerprint density at radius 3 is 2.69 bits per heavy atom. The van der Waals surface area contributed by atoms with Gasteiger partial charge in [0, 0.05) is 17.3 Å². The van der Waals surface area contributed by atoms with E-state index >= 15 is 0 Å². The van der Waals surface area contributed by atoms with Crippen molar-refractivity contribution in [3.63, 3.8) is 0 Å². The molecule has 1 N–H and O–H groups in total. The van der Waals surface area contributed by atoms with Gasteiger partial charge in [0.05, 0.1) is 16.6 Å². The third kappa shape index (κ3) is 3.60. The number of para-hydroxylation sites is 1. The molecule has 0 spiro atoms. The van der Waals surface area contributed by atoms with Crippen LogP contribution in [0.25, 0.3) is 0 Å². The van der Waals surface area contributed by atoms with E-state index in [1.807, 2.05) is 42.1 Å². The lowest BCUT2D eigenvalue weighted by Gasteiger charge is -2.22. The van der Waals surface area contributed by atoms with E-state index in [9.17, 15) is 8.42 Å². The van der Waals surface area contributed by atoms with Gasteiger partial charge in [-0.3, -0.25) is 4.31 Å². The summed E-state index contributed by atoms with van der Waals surface area (Å²) in [5, 5.41) is 4.53. The van der Waals surface area contributed by atoms with Crippen LogP contribution in [0.15, 0.2) is 47.4 Å². The van der Waals surface area contributed by atoms with Gasteiger partial charge in [-0.2, -0.15) is 11.8 Å². The Hall–Kier alpha value is -1.21. The fourth-order valence-corrected chi connectivity index (χ4v) is 5.27. The van der Waals surface area contributed by atoms with Crippen LogP contribution in [0.4, 0.5) is 5.69 Å². The highest BCUT2D eigenvalue weighted by Crippen LogP contribution is 2.40. The van der Waals surface area contributed by atoms with Crippen LogP contribution in [-0.2, 0) is 10.0 Å². The topological polar surface area (TPSA) is 49.4 Å². The van der Waals surface area contributed by atoms with Crippen LogP contribution < -0.4 is 9.62 Å². The largest absolute Gasteiger partial charge is 0.306 e. The zero-order valence-corrected chi connectivity index (χ0v) is 17.5. The average Bonchev–Trinajstić information content (AvgIpc) is 2.70. The maximum absolute atomic E-state index is 13.1. The Kier molecular flexibility index (Phi) is 5.87. The van der Waals surface area contributed by atoms with Crippen LogP contribution in [0.1, 0.15) is 30.5 Å². The summed E-state index contributed by atoms with van der Waals surface area (Å²) in [7, 11) is -2.07. The van der Waals surface area contributed by atoms with Gasteiger partial charge in [-0.1, -0.05) is 42.8 Å². The van der Waals surface area contributed by atoms with Crippen molar-refractivity contribution in [3.8, 4) is 0 Å². The van der Waals surface area contributed by atoms with E-state index in [1.54, 1.807) is 19.2 Å². The minimum absolute atomic E-state index is 0.202. The molecule has 2 unspecified atom stereocenters. The van der Waals surface area contributed by atoms with Gasteiger partial charge >= 0.3 is 0 Å². The predicted octanol–water partition coefficient (Wildman–Crippen LogP) is 4.30. The highest BCUT2D eigenvalue weighted by molar-refractivity contribution is 7.99. The van der Waals surface area contributed by atoms with Gasteiger partial charge in [-0.15, -0.1) is 0 Å². The first kappa shape index (κ1) is 19.5. The molecule has 0 radical (unpaired) electrons. The maximum atomic E-state index is 13.1. The van der Waals surface area contributed by atoms with Gasteiger partial charge in [-0.25, -0.2) is 8.42 Å². The molecule has 1 aliphatic heterocycles. The first-order valence-corrected chi connectivity index (χ1v) is 11.6. The average molecular weight is 411 g/mol. The molecule has 0 aromatic heterocycles. The molecule has 0 bridgehead atoms. The van der Waals surface area contributed by atoms with Crippen molar-refractivity contribution in [2.45, 2.75) is 29.5 Å². The van der Waals surface area contributed by atoms with Crippen LogP contribution in [0, 0.1) is 0 Å². The second kappa shape index (κ2) is 7.80. The number of rotatable bonds is 5. The summed E-state index contributed by atoms with van der Waals surface area (Å²) in [5.41, 5.74) is 2.38. The van der Waals surface area contributed by atoms with Gasteiger partial charge < -0.3 is 5.32 Å². The third-order valence-electron chi connectivity index (χ3n) is 4.81. The number of halogens is 1. The quantitative estimate of drug-likeness (QED) is 0.798. The fourth-order valence-electron chi connectivity index (χ4n) is 3.20. The first-order chi connectivity index (χ1) is 12.4. The zero-order chi connectivity index (χ0) is 18.9.